The van der Waals surface area contributed by atoms with Crippen molar-refractivity contribution in [3.05, 3.63) is 60.8 Å². The van der Waals surface area contributed by atoms with Crippen LogP contribution in [0.25, 0.3) is 0 Å². The van der Waals surface area contributed by atoms with Crippen LogP contribution in [0.15, 0.2) is 60.8 Å². The van der Waals surface area contributed by atoms with Gasteiger partial charge in [-0.1, -0.05) is 326 Å². The van der Waals surface area contributed by atoms with Gasteiger partial charge >= 0.3 is 17.9 Å². The summed E-state index contributed by atoms with van der Waals surface area (Å²) >= 11 is 0. The van der Waals surface area contributed by atoms with Gasteiger partial charge in [0, 0.05) is 19.3 Å². The van der Waals surface area contributed by atoms with Crippen LogP contribution < -0.4 is 0 Å². The van der Waals surface area contributed by atoms with E-state index in [2.05, 4.69) is 81.5 Å². The first-order valence-corrected chi connectivity index (χ1v) is 34.8. The van der Waals surface area contributed by atoms with Crippen LogP contribution in [0.1, 0.15) is 367 Å². The van der Waals surface area contributed by atoms with Gasteiger partial charge in [-0.3, -0.25) is 14.4 Å². The van der Waals surface area contributed by atoms with E-state index in [1.807, 2.05) is 0 Å². The first-order chi connectivity index (χ1) is 39.0. The van der Waals surface area contributed by atoms with E-state index in [1.54, 1.807) is 0 Å². The maximum absolute atomic E-state index is 12.9. The van der Waals surface area contributed by atoms with Crippen molar-refractivity contribution in [3.63, 3.8) is 0 Å². The minimum atomic E-state index is -0.778. The summed E-state index contributed by atoms with van der Waals surface area (Å²) in [5.74, 6) is -0.857. The molecule has 0 N–H and O–H groups in total. The van der Waals surface area contributed by atoms with E-state index in [-0.39, 0.29) is 31.1 Å². The summed E-state index contributed by atoms with van der Waals surface area (Å²) in [6.45, 7) is 6.58. The van der Waals surface area contributed by atoms with Gasteiger partial charge in [-0.05, 0) is 83.5 Å². The number of allylic oxidation sites excluding steroid dienone is 10. The predicted octanol–water partition coefficient (Wildman–Crippen LogP) is 23.9. The van der Waals surface area contributed by atoms with Gasteiger partial charge in [0.25, 0.3) is 0 Å². The third-order valence-corrected chi connectivity index (χ3v) is 15.5. The van der Waals surface area contributed by atoms with Crippen molar-refractivity contribution >= 4 is 17.9 Å². The zero-order chi connectivity index (χ0) is 57.1. The number of ether oxygens (including phenoxy) is 3. The summed E-state index contributed by atoms with van der Waals surface area (Å²) in [6.07, 6.45) is 86.7. The highest BCUT2D eigenvalue weighted by Gasteiger charge is 2.19. The lowest BCUT2D eigenvalue weighted by Gasteiger charge is -2.18. The standard InChI is InChI=1S/C73H132O6/c1-4-7-10-13-16-19-22-25-28-30-32-34-35-36-37-39-40-42-45-48-51-54-57-60-63-66-72(75)78-69-70(68-77-71(74)65-62-59-56-53-50-47-44-27-24-21-18-15-12-9-6-3)79-73(76)67-64-61-58-55-52-49-46-43-41-38-33-31-29-26-23-20-17-14-11-8-5-2/h8,11,17,20,26,29-30,32-33,38,70H,4-7,9-10,12-16,18-19,21-25,27-28,31,34-37,39-69H2,1-3H3/b11-8-,20-17-,29-26-,32-30-,38-33-. The second kappa shape index (κ2) is 67.6. The molecule has 0 bridgehead atoms. The number of carbonyl (C=O) groups is 3. The average Bonchev–Trinajstić information content (AvgIpc) is 3.45. The fourth-order valence-corrected chi connectivity index (χ4v) is 10.3. The lowest BCUT2D eigenvalue weighted by atomic mass is 10.0. The van der Waals surface area contributed by atoms with Crippen LogP contribution in [0.4, 0.5) is 0 Å². The zero-order valence-corrected chi connectivity index (χ0v) is 52.9. The lowest BCUT2D eigenvalue weighted by molar-refractivity contribution is -0.167. The molecule has 0 spiro atoms. The number of hydrogen-bond acceptors (Lipinski definition) is 6. The number of hydrogen-bond donors (Lipinski definition) is 0. The summed E-state index contributed by atoms with van der Waals surface area (Å²) in [5.41, 5.74) is 0. The first-order valence-electron chi connectivity index (χ1n) is 34.8. The van der Waals surface area contributed by atoms with Crippen LogP contribution in [0.2, 0.25) is 0 Å². The lowest BCUT2D eigenvalue weighted by Crippen LogP contribution is -2.30. The molecule has 0 amide bonds. The molecule has 1 atom stereocenters. The van der Waals surface area contributed by atoms with Crippen molar-refractivity contribution < 1.29 is 28.6 Å². The fourth-order valence-electron chi connectivity index (χ4n) is 10.3. The van der Waals surface area contributed by atoms with Gasteiger partial charge in [-0.15, -0.1) is 0 Å². The monoisotopic (exact) mass is 1110 g/mol. The summed E-state index contributed by atoms with van der Waals surface area (Å²) in [6, 6.07) is 0. The summed E-state index contributed by atoms with van der Waals surface area (Å²) in [7, 11) is 0. The van der Waals surface area contributed by atoms with Crippen molar-refractivity contribution in [2.45, 2.75) is 374 Å². The summed E-state index contributed by atoms with van der Waals surface area (Å²) in [5, 5.41) is 0. The second-order valence-corrected chi connectivity index (χ2v) is 23.4. The van der Waals surface area contributed by atoms with Crippen molar-refractivity contribution in [1.82, 2.24) is 0 Å². The Hall–Kier alpha value is -2.89. The molecule has 0 saturated carbocycles. The van der Waals surface area contributed by atoms with E-state index in [0.29, 0.717) is 19.3 Å². The highest BCUT2D eigenvalue weighted by atomic mass is 16.6. The molecular formula is C73H132O6. The van der Waals surface area contributed by atoms with Crippen LogP contribution >= 0.6 is 0 Å². The van der Waals surface area contributed by atoms with Gasteiger partial charge in [-0.2, -0.15) is 0 Å². The number of rotatable bonds is 64. The Bertz CT molecular complexity index is 1410. The highest BCUT2D eigenvalue weighted by molar-refractivity contribution is 5.71. The van der Waals surface area contributed by atoms with Crippen LogP contribution in [0.5, 0.6) is 0 Å². The van der Waals surface area contributed by atoms with Crippen LogP contribution in [0.3, 0.4) is 0 Å². The molecule has 0 heterocycles. The molecule has 1 unspecified atom stereocenters. The molecule has 0 aromatic carbocycles. The SMILES string of the molecule is CC/C=C\C/C=C\C/C=C\C/C=C\CCCCCCCCCCC(=O)OC(COC(=O)CCCCCCCCCCCCCCC/C=C\CCCCCCCCCC)COC(=O)CCCCCCCCCCCCCCCCC. The molecule has 460 valence electrons. The van der Waals surface area contributed by atoms with Gasteiger partial charge in [0.05, 0.1) is 0 Å². The quantitative estimate of drug-likeness (QED) is 0.0261. The highest BCUT2D eigenvalue weighted by Crippen LogP contribution is 2.18. The Morgan fingerprint density at radius 3 is 0.785 bits per heavy atom. The molecule has 0 fully saturated rings. The Morgan fingerprint density at radius 1 is 0.266 bits per heavy atom. The average molecular weight is 1110 g/mol. The molecule has 0 aliphatic rings. The van der Waals surface area contributed by atoms with E-state index in [4.69, 9.17) is 14.2 Å². The Kier molecular flexibility index (Phi) is 65.1. The maximum atomic E-state index is 12.9. The van der Waals surface area contributed by atoms with Gasteiger partial charge in [0.1, 0.15) is 13.2 Å². The molecule has 0 aromatic heterocycles. The zero-order valence-electron chi connectivity index (χ0n) is 52.9. The van der Waals surface area contributed by atoms with Crippen LogP contribution in [-0.2, 0) is 28.6 Å². The molecule has 0 saturated heterocycles. The van der Waals surface area contributed by atoms with Crippen molar-refractivity contribution in [3.8, 4) is 0 Å². The summed E-state index contributed by atoms with van der Waals surface area (Å²) in [4.78, 5) is 38.4. The minimum Gasteiger partial charge on any atom is -0.462 e. The minimum absolute atomic E-state index is 0.0732. The Morgan fingerprint density at radius 2 is 0.494 bits per heavy atom. The first kappa shape index (κ1) is 76.1. The smallest absolute Gasteiger partial charge is 0.306 e. The molecule has 0 rings (SSSR count). The van der Waals surface area contributed by atoms with E-state index in [1.165, 1.54) is 238 Å². The van der Waals surface area contributed by atoms with Crippen molar-refractivity contribution in [2.75, 3.05) is 13.2 Å². The predicted molar refractivity (Wildman–Crippen MR) is 344 cm³/mol. The fraction of sp³-hybridized carbons (Fsp3) is 0.822. The molecular weight excluding hydrogens is 973 g/mol. The van der Waals surface area contributed by atoms with E-state index < -0.39 is 6.10 Å². The van der Waals surface area contributed by atoms with E-state index in [9.17, 15) is 14.4 Å². The van der Waals surface area contributed by atoms with Gasteiger partial charge in [0.2, 0.25) is 0 Å². The number of esters is 3. The van der Waals surface area contributed by atoms with Gasteiger partial charge in [0.15, 0.2) is 6.10 Å². The molecule has 0 aliphatic heterocycles. The Labute approximate surface area is 491 Å². The van der Waals surface area contributed by atoms with Crippen LogP contribution in [0, 0.1) is 0 Å². The van der Waals surface area contributed by atoms with E-state index in [0.717, 1.165) is 89.9 Å². The molecule has 0 aromatic rings. The van der Waals surface area contributed by atoms with Gasteiger partial charge in [-0.25, -0.2) is 0 Å². The number of unbranched alkanes of at least 4 members (excludes halogenated alkanes) is 43. The Balaban J connectivity index is 4.30. The summed E-state index contributed by atoms with van der Waals surface area (Å²) < 4.78 is 17.0. The topological polar surface area (TPSA) is 78.9 Å². The van der Waals surface area contributed by atoms with Gasteiger partial charge < -0.3 is 14.2 Å². The molecule has 6 nitrogen and oxygen atoms in total. The normalized spacial score (nSPS) is 12.4. The number of carbonyl (C=O) groups excluding carboxylic acids is 3. The largest absolute Gasteiger partial charge is 0.462 e. The third kappa shape index (κ3) is 65.8. The van der Waals surface area contributed by atoms with Crippen molar-refractivity contribution in [1.29, 1.82) is 0 Å². The van der Waals surface area contributed by atoms with Crippen LogP contribution in [-0.4, -0.2) is 37.2 Å². The third-order valence-electron chi connectivity index (χ3n) is 15.5. The molecule has 79 heavy (non-hydrogen) atoms. The maximum Gasteiger partial charge on any atom is 0.306 e. The molecule has 0 aliphatic carbocycles. The molecule has 6 heteroatoms. The second-order valence-electron chi connectivity index (χ2n) is 23.4. The van der Waals surface area contributed by atoms with Crippen molar-refractivity contribution in [2.24, 2.45) is 0 Å². The molecule has 0 radical (unpaired) electrons. The van der Waals surface area contributed by atoms with E-state index >= 15 is 0 Å².